The quantitative estimate of drug-likeness (QED) is 0.779. The predicted molar refractivity (Wildman–Crippen MR) is 115 cm³/mol. The lowest BCUT2D eigenvalue weighted by atomic mass is 9.90. The van der Waals surface area contributed by atoms with E-state index in [2.05, 4.69) is 60.3 Å². The molecule has 1 saturated heterocycles. The minimum Gasteiger partial charge on any atom is -0.490 e. The molecule has 0 radical (unpaired) electrons. The number of para-hydroxylation sites is 1. The molecule has 3 heterocycles. The van der Waals surface area contributed by atoms with E-state index >= 15 is 0 Å². The molecule has 2 aromatic rings. The number of aryl methyl sites for hydroxylation is 1. The van der Waals surface area contributed by atoms with Gasteiger partial charge in [-0.1, -0.05) is 42.0 Å². The van der Waals surface area contributed by atoms with E-state index in [0.29, 0.717) is 6.61 Å². The van der Waals surface area contributed by atoms with E-state index in [1.165, 1.54) is 16.7 Å². The van der Waals surface area contributed by atoms with Gasteiger partial charge in [0.1, 0.15) is 0 Å². The highest BCUT2D eigenvalue weighted by Gasteiger charge is 2.52. The Morgan fingerprint density at radius 1 is 1.14 bits per heavy atom. The van der Waals surface area contributed by atoms with E-state index in [1.54, 1.807) is 0 Å². The van der Waals surface area contributed by atoms with Crippen molar-refractivity contribution in [3.05, 3.63) is 59.2 Å². The van der Waals surface area contributed by atoms with E-state index in [0.717, 1.165) is 49.6 Å². The minimum atomic E-state index is -0.399. The van der Waals surface area contributed by atoms with Crippen molar-refractivity contribution in [3.63, 3.8) is 0 Å². The molecule has 0 amide bonds. The second kappa shape index (κ2) is 7.06. The Hall–Kier alpha value is -2.53. The minimum absolute atomic E-state index is 0.193. The van der Waals surface area contributed by atoms with Crippen LogP contribution < -0.4 is 9.47 Å². The van der Waals surface area contributed by atoms with E-state index in [-0.39, 0.29) is 6.04 Å². The van der Waals surface area contributed by atoms with Crippen LogP contribution in [-0.2, 0) is 0 Å². The third kappa shape index (κ3) is 3.08. The summed E-state index contributed by atoms with van der Waals surface area (Å²) in [5, 5.41) is 7.42. The molecule has 3 aliphatic heterocycles. The molecule has 2 aromatic carbocycles. The molecule has 0 aromatic heterocycles. The normalized spacial score (nSPS) is 22.7. The Kier molecular flexibility index (Phi) is 4.50. The highest BCUT2D eigenvalue weighted by Crippen LogP contribution is 2.52. The maximum atomic E-state index is 6.78. The predicted octanol–water partition coefficient (Wildman–Crippen LogP) is 4.36. The number of benzene rings is 2. The number of hydrogen-bond acceptors (Lipinski definition) is 5. The summed E-state index contributed by atoms with van der Waals surface area (Å²) in [5.41, 5.74) is 4.41. The number of likely N-dealkylation sites (tertiary alicyclic amines) is 1. The van der Waals surface area contributed by atoms with E-state index in [9.17, 15) is 0 Å². The molecule has 1 atom stereocenters. The molecule has 5 rings (SSSR count). The van der Waals surface area contributed by atoms with Crippen molar-refractivity contribution in [1.82, 2.24) is 9.91 Å². The number of fused-ring (bicyclic) bond motifs is 4. The number of ether oxygens (including phenoxy) is 2. The van der Waals surface area contributed by atoms with Crippen LogP contribution in [0.15, 0.2) is 47.6 Å². The lowest BCUT2D eigenvalue weighted by Gasteiger charge is -2.51. The van der Waals surface area contributed by atoms with Gasteiger partial charge in [0.05, 0.1) is 18.4 Å². The van der Waals surface area contributed by atoms with Crippen LogP contribution in [0.25, 0.3) is 0 Å². The molecule has 0 aliphatic carbocycles. The third-order valence-electron chi connectivity index (χ3n) is 6.44. The molecule has 0 bridgehead atoms. The van der Waals surface area contributed by atoms with Crippen molar-refractivity contribution in [2.24, 2.45) is 5.10 Å². The maximum Gasteiger partial charge on any atom is 0.200 e. The summed E-state index contributed by atoms with van der Waals surface area (Å²) in [6.07, 6.45) is 2.77. The molecule has 5 nitrogen and oxygen atoms in total. The summed E-state index contributed by atoms with van der Waals surface area (Å²) in [5.74, 6) is 1.77. The van der Waals surface area contributed by atoms with Crippen molar-refractivity contribution in [3.8, 4) is 11.5 Å². The van der Waals surface area contributed by atoms with Gasteiger partial charge in [-0.3, -0.25) is 0 Å². The first-order valence-corrected chi connectivity index (χ1v) is 10.7. The Labute approximate surface area is 172 Å². The molecule has 29 heavy (non-hydrogen) atoms. The van der Waals surface area contributed by atoms with Gasteiger partial charge >= 0.3 is 0 Å². The average molecular weight is 392 g/mol. The van der Waals surface area contributed by atoms with Crippen molar-refractivity contribution in [2.45, 2.75) is 44.9 Å². The fourth-order valence-electron chi connectivity index (χ4n) is 4.76. The van der Waals surface area contributed by atoms with Gasteiger partial charge in [0.25, 0.3) is 0 Å². The first kappa shape index (κ1) is 18.5. The molecule has 152 valence electrons. The molecule has 3 aliphatic rings. The molecular formula is C24H29N3O2. The summed E-state index contributed by atoms with van der Waals surface area (Å²) in [7, 11) is 2.18. The second-order valence-corrected chi connectivity index (χ2v) is 8.44. The van der Waals surface area contributed by atoms with Crippen LogP contribution in [0.2, 0.25) is 0 Å². The lowest BCUT2D eigenvalue weighted by Crippen LogP contribution is -2.58. The molecular weight excluding hydrogens is 362 g/mol. The molecule has 1 fully saturated rings. The summed E-state index contributed by atoms with van der Waals surface area (Å²) < 4.78 is 12.7. The van der Waals surface area contributed by atoms with Crippen LogP contribution >= 0.6 is 0 Å². The zero-order valence-electron chi connectivity index (χ0n) is 17.5. The van der Waals surface area contributed by atoms with Crippen LogP contribution in [-0.4, -0.2) is 48.1 Å². The Morgan fingerprint density at radius 3 is 2.62 bits per heavy atom. The topological polar surface area (TPSA) is 37.3 Å². The zero-order chi connectivity index (χ0) is 20.0. The van der Waals surface area contributed by atoms with Crippen LogP contribution in [0.4, 0.5) is 0 Å². The lowest BCUT2D eigenvalue weighted by molar-refractivity contribution is -0.148. The summed E-state index contributed by atoms with van der Waals surface area (Å²) in [6.45, 7) is 6.79. The van der Waals surface area contributed by atoms with E-state index < -0.39 is 5.72 Å². The third-order valence-corrected chi connectivity index (χ3v) is 6.44. The van der Waals surface area contributed by atoms with Gasteiger partial charge < -0.3 is 14.4 Å². The monoisotopic (exact) mass is 391 g/mol. The van der Waals surface area contributed by atoms with Crippen molar-refractivity contribution < 1.29 is 9.47 Å². The smallest absolute Gasteiger partial charge is 0.200 e. The molecule has 1 spiro atoms. The standard InChI is InChI=1S/C24H29N3O2/c1-4-28-22-7-5-6-19-21-16-20(18-10-8-17(2)9-11-18)25-27(21)24(29-23(19)22)12-14-26(3)15-13-24/h5-11,21H,4,12-16H2,1-3H3/t21-/m0/s1. The number of hydrogen-bond donors (Lipinski definition) is 0. The molecule has 0 N–H and O–H groups in total. The first-order valence-electron chi connectivity index (χ1n) is 10.7. The number of nitrogens with zero attached hydrogens (tertiary/aromatic N) is 3. The largest absolute Gasteiger partial charge is 0.490 e. The molecule has 0 unspecified atom stereocenters. The van der Waals surface area contributed by atoms with Crippen LogP contribution in [0.1, 0.15) is 48.9 Å². The van der Waals surface area contributed by atoms with Crippen molar-refractivity contribution >= 4 is 5.71 Å². The Balaban J connectivity index is 1.59. The fraction of sp³-hybridized carbons (Fsp3) is 0.458. The highest BCUT2D eigenvalue weighted by molar-refractivity contribution is 6.02. The average Bonchev–Trinajstić information content (AvgIpc) is 3.18. The van der Waals surface area contributed by atoms with Gasteiger partial charge in [-0.2, -0.15) is 5.10 Å². The van der Waals surface area contributed by atoms with Crippen LogP contribution in [0, 0.1) is 6.92 Å². The van der Waals surface area contributed by atoms with Gasteiger partial charge in [0.15, 0.2) is 11.5 Å². The Morgan fingerprint density at radius 2 is 1.90 bits per heavy atom. The van der Waals surface area contributed by atoms with E-state index in [4.69, 9.17) is 14.6 Å². The van der Waals surface area contributed by atoms with Crippen LogP contribution in [0.3, 0.4) is 0 Å². The highest BCUT2D eigenvalue weighted by atomic mass is 16.6. The van der Waals surface area contributed by atoms with Gasteiger partial charge in [-0.25, -0.2) is 5.01 Å². The SMILES string of the molecule is CCOc1cccc2c1OC1(CCN(C)CC1)N1N=C(c3ccc(C)cc3)C[C@@H]21. The van der Waals surface area contributed by atoms with Gasteiger partial charge in [-0.15, -0.1) is 0 Å². The number of hydrazone groups is 1. The van der Waals surface area contributed by atoms with Gasteiger partial charge in [0, 0.05) is 37.9 Å². The van der Waals surface area contributed by atoms with Crippen molar-refractivity contribution in [1.29, 1.82) is 0 Å². The molecule has 5 heteroatoms. The summed E-state index contributed by atoms with van der Waals surface area (Å²) in [6, 6.07) is 15.2. The maximum absolute atomic E-state index is 6.78. The van der Waals surface area contributed by atoms with Gasteiger partial charge in [0.2, 0.25) is 5.72 Å². The Bertz CT molecular complexity index is 930. The second-order valence-electron chi connectivity index (χ2n) is 8.44. The summed E-state index contributed by atoms with van der Waals surface area (Å²) >= 11 is 0. The molecule has 0 saturated carbocycles. The first-order chi connectivity index (χ1) is 14.1. The fourth-order valence-corrected chi connectivity index (χ4v) is 4.76. The zero-order valence-corrected chi connectivity index (χ0v) is 17.5. The van der Waals surface area contributed by atoms with E-state index in [1.807, 2.05) is 13.0 Å². The number of piperidine rings is 1. The van der Waals surface area contributed by atoms with Crippen LogP contribution in [0.5, 0.6) is 11.5 Å². The summed E-state index contributed by atoms with van der Waals surface area (Å²) in [4.78, 5) is 2.37. The number of rotatable bonds is 3. The van der Waals surface area contributed by atoms with Gasteiger partial charge in [-0.05, 0) is 32.5 Å². The van der Waals surface area contributed by atoms with Crippen molar-refractivity contribution in [2.75, 3.05) is 26.7 Å².